The highest BCUT2D eigenvalue weighted by Gasteiger charge is 2.33. The predicted octanol–water partition coefficient (Wildman–Crippen LogP) is 2.74. The zero-order valence-electron chi connectivity index (χ0n) is 10.5. The summed E-state index contributed by atoms with van der Waals surface area (Å²) in [6.07, 6.45) is -4.95. The summed E-state index contributed by atoms with van der Waals surface area (Å²) in [5.41, 5.74) is 5.40. The van der Waals surface area contributed by atoms with Gasteiger partial charge in [0.05, 0.1) is 0 Å². The Morgan fingerprint density at radius 2 is 1.89 bits per heavy atom. The maximum Gasteiger partial charge on any atom is 0.573 e. The van der Waals surface area contributed by atoms with Crippen molar-refractivity contribution in [1.82, 2.24) is 0 Å². The molecule has 0 spiro atoms. The van der Waals surface area contributed by atoms with Gasteiger partial charge in [-0.05, 0) is 17.7 Å². The second kappa shape index (κ2) is 5.34. The van der Waals surface area contributed by atoms with Gasteiger partial charge in [-0.1, -0.05) is 19.9 Å². The van der Waals surface area contributed by atoms with Gasteiger partial charge in [0.25, 0.3) is 0 Å². The van der Waals surface area contributed by atoms with Gasteiger partial charge >= 0.3 is 6.36 Å². The first-order chi connectivity index (χ1) is 8.57. The number of ether oxygens (including phenoxy) is 1. The SMILES string of the molecule is CC(C)(CO)[C@@H](N)c1ccc(OC(F)(F)F)c(F)c1. The first kappa shape index (κ1) is 15.7. The van der Waals surface area contributed by atoms with E-state index in [-0.39, 0.29) is 12.2 Å². The fraction of sp³-hybridized carbons (Fsp3) is 0.500. The lowest BCUT2D eigenvalue weighted by atomic mass is 9.82. The van der Waals surface area contributed by atoms with E-state index in [1.165, 1.54) is 6.07 Å². The fourth-order valence-corrected chi connectivity index (χ4v) is 1.47. The summed E-state index contributed by atoms with van der Waals surface area (Å²) in [5, 5.41) is 9.16. The lowest BCUT2D eigenvalue weighted by molar-refractivity contribution is -0.275. The molecule has 3 nitrogen and oxygen atoms in total. The topological polar surface area (TPSA) is 55.5 Å². The summed E-state index contributed by atoms with van der Waals surface area (Å²) in [4.78, 5) is 0. The quantitative estimate of drug-likeness (QED) is 0.834. The molecule has 0 radical (unpaired) electrons. The minimum Gasteiger partial charge on any atom is -0.403 e. The van der Waals surface area contributed by atoms with Crippen LogP contribution in [0.25, 0.3) is 0 Å². The van der Waals surface area contributed by atoms with Crippen molar-refractivity contribution in [2.24, 2.45) is 11.1 Å². The Hall–Kier alpha value is -1.34. The van der Waals surface area contributed by atoms with Gasteiger partial charge in [-0.15, -0.1) is 13.2 Å². The van der Waals surface area contributed by atoms with Gasteiger partial charge in [-0.2, -0.15) is 0 Å². The van der Waals surface area contributed by atoms with Crippen LogP contribution in [0.2, 0.25) is 0 Å². The lowest BCUT2D eigenvalue weighted by Gasteiger charge is -2.29. The zero-order valence-corrected chi connectivity index (χ0v) is 10.5. The molecule has 108 valence electrons. The van der Waals surface area contributed by atoms with Gasteiger partial charge in [0.1, 0.15) is 0 Å². The van der Waals surface area contributed by atoms with Crippen LogP contribution in [-0.4, -0.2) is 18.1 Å². The van der Waals surface area contributed by atoms with Gasteiger partial charge in [-0.3, -0.25) is 0 Å². The number of aliphatic hydroxyl groups excluding tert-OH is 1. The molecule has 0 aliphatic carbocycles. The number of rotatable bonds is 4. The second-order valence-electron chi connectivity index (χ2n) is 4.86. The van der Waals surface area contributed by atoms with Crippen molar-refractivity contribution in [3.05, 3.63) is 29.6 Å². The summed E-state index contributed by atoms with van der Waals surface area (Å²) < 4.78 is 52.9. The first-order valence-electron chi connectivity index (χ1n) is 5.48. The summed E-state index contributed by atoms with van der Waals surface area (Å²) in [7, 11) is 0. The highest BCUT2D eigenvalue weighted by atomic mass is 19.4. The largest absolute Gasteiger partial charge is 0.573 e. The number of hydrogen-bond acceptors (Lipinski definition) is 3. The number of nitrogens with two attached hydrogens (primary N) is 1. The Morgan fingerprint density at radius 1 is 1.32 bits per heavy atom. The highest BCUT2D eigenvalue weighted by molar-refractivity contribution is 5.32. The van der Waals surface area contributed by atoms with Crippen LogP contribution >= 0.6 is 0 Å². The monoisotopic (exact) mass is 281 g/mol. The van der Waals surface area contributed by atoms with Crippen LogP contribution in [0.1, 0.15) is 25.5 Å². The third-order valence-electron chi connectivity index (χ3n) is 2.79. The van der Waals surface area contributed by atoms with E-state index >= 15 is 0 Å². The molecule has 0 bridgehead atoms. The molecule has 0 saturated heterocycles. The molecule has 1 aromatic rings. The maximum absolute atomic E-state index is 13.5. The molecular weight excluding hydrogens is 266 g/mol. The van der Waals surface area contributed by atoms with Gasteiger partial charge in [0, 0.05) is 18.1 Å². The van der Waals surface area contributed by atoms with Gasteiger partial charge in [0.15, 0.2) is 11.6 Å². The number of halogens is 4. The Kier molecular flexibility index (Phi) is 4.42. The number of aliphatic hydroxyl groups is 1. The fourth-order valence-electron chi connectivity index (χ4n) is 1.47. The number of hydrogen-bond donors (Lipinski definition) is 2. The summed E-state index contributed by atoms with van der Waals surface area (Å²) in [5.74, 6) is -2.07. The third-order valence-corrected chi connectivity index (χ3v) is 2.79. The minimum absolute atomic E-state index is 0.239. The average Bonchev–Trinajstić information content (AvgIpc) is 2.29. The van der Waals surface area contributed by atoms with Crippen LogP contribution in [0.4, 0.5) is 17.6 Å². The lowest BCUT2D eigenvalue weighted by Crippen LogP contribution is -2.32. The predicted molar refractivity (Wildman–Crippen MR) is 60.9 cm³/mol. The van der Waals surface area contributed by atoms with E-state index in [4.69, 9.17) is 10.8 Å². The normalized spacial score (nSPS) is 14.3. The Bertz CT molecular complexity index is 446. The van der Waals surface area contributed by atoms with E-state index in [1.54, 1.807) is 13.8 Å². The second-order valence-corrected chi connectivity index (χ2v) is 4.86. The van der Waals surface area contributed by atoms with Crippen LogP contribution in [0.5, 0.6) is 5.75 Å². The molecule has 0 heterocycles. The molecule has 3 N–H and O–H groups in total. The van der Waals surface area contributed by atoms with Crippen molar-refractivity contribution in [3.63, 3.8) is 0 Å². The van der Waals surface area contributed by atoms with Crippen LogP contribution in [-0.2, 0) is 0 Å². The van der Waals surface area contributed by atoms with Crippen molar-refractivity contribution in [2.45, 2.75) is 26.3 Å². The van der Waals surface area contributed by atoms with Crippen LogP contribution in [0.15, 0.2) is 18.2 Å². The summed E-state index contributed by atoms with van der Waals surface area (Å²) in [6.45, 7) is 3.09. The molecular formula is C12H15F4NO2. The van der Waals surface area contributed by atoms with Gasteiger partial charge in [0.2, 0.25) is 0 Å². The highest BCUT2D eigenvalue weighted by Crippen LogP contribution is 2.33. The first-order valence-corrected chi connectivity index (χ1v) is 5.48. The number of alkyl halides is 3. The standard InChI is InChI=1S/C12H15F4NO2/c1-11(2,6-18)10(17)7-3-4-9(8(13)5-7)19-12(14,15)16/h3-5,10,18H,6,17H2,1-2H3/t10-/m0/s1. The molecule has 7 heteroatoms. The Labute approximate surface area is 108 Å². The Morgan fingerprint density at radius 3 is 2.32 bits per heavy atom. The molecule has 1 rings (SSSR count). The van der Waals surface area contributed by atoms with E-state index in [0.29, 0.717) is 0 Å². The van der Waals surface area contributed by atoms with Crippen molar-refractivity contribution in [3.8, 4) is 5.75 Å². The third kappa shape index (κ3) is 4.07. The molecule has 0 aliphatic rings. The van der Waals surface area contributed by atoms with E-state index in [2.05, 4.69) is 4.74 Å². The summed E-state index contributed by atoms with van der Waals surface area (Å²) in [6, 6.07) is 2.27. The minimum atomic E-state index is -4.95. The van der Waals surface area contributed by atoms with Crippen LogP contribution in [0, 0.1) is 11.2 Å². The molecule has 0 unspecified atom stereocenters. The molecule has 0 aromatic heterocycles. The average molecular weight is 281 g/mol. The van der Waals surface area contributed by atoms with E-state index in [9.17, 15) is 17.6 Å². The van der Waals surface area contributed by atoms with E-state index in [1.807, 2.05) is 0 Å². The molecule has 1 aromatic carbocycles. The van der Waals surface area contributed by atoms with Crippen molar-refractivity contribution >= 4 is 0 Å². The molecule has 0 saturated carbocycles. The van der Waals surface area contributed by atoms with Crippen molar-refractivity contribution in [1.29, 1.82) is 0 Å². The smallest absolute Gasteiger partial charge is 0.403 e. The van der Waals surface area contributed by atoms with Crippen molar-refractivity contribution < 1.29 is 27.4 Å². The maximum atomic E-state index is 13.5. The van der Waals surface area contributed by atoms with Crippen molar-refractivity contribution in [2.75, 3.05) is 6.61 Å². The van der Waals surface area contributed by atoms with E-state index in [0.717, 1.165) is 12.1 Å². The van der Waals surface area contributed by atoms with Crippen LogP contribution < -0.4 is 10.5 Å². The van der Waals surface area contributed by atoms with Crippen LogP contribution in [0.3, 0.4) is 0 Å². The molecule has 1 atom stereocenters. The van der Waals surface area contributed by atoms with Gasteiger partial charge in [-0.25, -0.2) is 4.39 Å². The molecule has 0 aliphatic heterocycles. The molecule has 19 heavy (non-hydrogen) atoms. The number of benzene rings is 1. The molecule has 0 fully saturated rings. The Balaban J connectivity index is 3.00. The zero-order chi connectivity index (χ0) is 14.8. The molecule has 0 amide bonds. The van der Waals surface area contributed by atoms with E-state index < -0.39 is 29.4 Å². The summed E-state index contributed by atoms with van der Waals surface area (Å²) >= 11 is 0. The van der Waals surface area contributed by atoms with Gasteiger partial charge < -0.3 is 15.6 Å².